The van der Waals surface area contributed by atoms with Crippen LogP contribution in [0.2, 0.25) is 0 Å². The zero-order valence-corrected chi connectivity index (χ0v) is 14.3. The van der Waals surface area contributed by atoms with Crippen LogP contribution in [0.15, 0.2) is 54.1 Å². The molecule has 0 atom stereocenters. The molecular weight excluding hydrogens is 296 g/mol. The summed E-state index contributed by atoms with van der Waals surface area (Å²) in [7, 11) is 0. The van der Waals surface area contributed by atoms with Crippen molar-refractivity contribution in [1.29, 1.82) is 5.26 Å². The number of carbonyl (C=O) groups excluding carboxylic acids is 1. The zero-order valence-electron chi connectivity index (χ0n) is 14.3. The molecule has 3 heteroatoms. The molecule has 2 aromatic carbocycles. The van der Waals surface area contributed by atoms with Gasteiger partial charge in [0, 0.05) is 5.69 Å². The van der Waals surface area contributed by atoms with Crippen molar-refractivity contribution in [3.63, 3.8) is 0 Å². The van der Waals surface area contributed by atoms with Crippen LogP contribution in [-0.2, 0) is 11.2 Å². The maximum Gasteiger partial charge on any atom is 0.266 e. The van der Waals surface area contributed by atoms with E-state index in [0.29, 0.717) is 11.6 Å². The number of anilines is 1. The number of carbonyl (C=O) groups is 1. The van der Waals surface area contributed by atoms with E-state index in [9.17, 15) is 10.1 Å². The average Bonchev–Trinajstić information content (AvgIpc) is 2.60. The number of hydrogen-bond donors (Lipinski definition) is 1. The Morgan fingerprint density at radius 3 is 2.25 bits per heavy atom. The van der Waals surface area contributed by atoms with Crippen LogP contribution in [0, 0.1) is 11.3 Å². The van der Waals surface area contributed by atoms with E-state index >= 15 is 0 Å². The minimum absolute atomic E-state index is 0.0897. The zero-order chi connectivity index (χ0) is 17.5. The number of aryl methyl sites for hydroxylation is 1. The Labute approximate surface area is 143 Å². The third kappa shape index (κ3) is 4.57. The van der Waals surface area contributed by atoms with Gasteiger partial charge in [-0.15, -0.1) is 0 Å². The number of amides is 1. The van der Waals surface area contributed by atoms with Gasteiger partial charge in [-0.25, -0.2) is 0 Å². The smallest absolute Gasteiger partial charge is 0.266 e. The molecule has 1 amide bonds. The summed E-state index contributed by atoms with van der Waals surface area (Å²) in [4.78, 5) is 12.3. The highest BCUT2D eigenvalue weighted by Gasteiger charge is 2.09. The van der Waals surface area contributed by atoms with Crippen LogP contribution in [0.1, 0.15) is 43.4 Å². The summed E-state index contributed by atoms with van der Waals surface area (Å²) in [6, 6.07) is 17.5. The third-order valence-corrected chi connectivity index (χ3v) is 3.90. The van der Waals surface area contributed by atoms with Crippen LogP contribution < -0.4 is 5.32 Å². The number of nitrogens with zero attached hydrogens (tertiary/aromatic N) is 1. The maximum absolute atomic E-state index is 12.3. The van der Waals surface area contributed by atoms with Gasteiger partial charge in [0.2, 0.25) is 0 Å². The van der Waals surface area contributed by atoms with Crippen molar-refractivity contribution in [3.05, 3.63) is 70.8 Å². The normalized spacial score (nSPS) is 11.2. The minimum Gasteiger partial charge on any atom is -0.321 e. The molecule has 0 radical (unpaired) electrons. The summed E-state index contributed by atoms with van der Waals surface area (Å²) in [5.74, 6) is 0.0579. The fraction of sp³-hybridized carbons (Fsp3) is 0.238. The fourth-order valence-electron chi connectivity index (χ4n) is 2.31. The molecule has 0 aliphatic heterocycles. The highest BCUT2D eigenvalue weighted by atomic mass is 16.1. The highest BCUT2D eigenvalue weighted by molar-refractivity contribution is 6.09. The molecule has 0 saturated carbocycles. The molecule has 0 aliphatic rings. The Kier molecular flexibility index (Phi) is 5.92. The van der Waals surface area contributed by atoms with E-state index in [-0.39, 0.29) is 5.57 Å². The van der Waals surface area contributed by atoms with E-state index in [0.717, 1.165) is 12.0 Å². The first kappa shape index (κ1) is 17.5. The molecule has 2 rings (SSSR count). The average molecular weight is 318 g/mol. The molecule has 2 aromatic rings. The third-order valence-electron chi connectivity index (χ3n) is 3.90. The number of nitriles is 1. The topological polar surface area (TPSA) is 52.9 Å². The first-order chi connectivity index (χ1) is 11.5. The maximum atomic E-state index is 12.3. The van der Waals surface area contributed by atoms with Crippen molar-refractivity contribution < 1.29 is 4.79 Å². The van der Waals surface area contributed by atoms with Crippen molar-refractivity contribution in [2.75, 3.05) is 5.32 Å². The largest absolute Gasteiger partial charge is 0.321 e. The van der Waals surface area contributed by atoms with Crippen LogP contribution >= 0.6 is 0 Å². The van der Waals surface area contributed by atoms with Gasteiger partial charge in [-0.2, -0.15) is 5.26 Å². The number of benzene rings is 2. The molecule has 0 aliphatic carbocycles. The van der Waals surface area contributed by atoms with Crippen LogP contribution in [0.4, 0.5) is 5.69 Å². The van der Waals surface area contributed by atoms with Gasteiger partial charge in [0.25, 0.3) is 5.91 Å². The van der Waals surface area contributed by atoms with Crippen LogP contribution in [0.3, 0.4) is 0 Å². The predicted molar refractivity (Wildman–Crippen MR) is 98.6 cm³/mol. The summed E-state index contributed by atoms with van der Waals surface area (Å²) in [5, 5.41) is 12.0. The van der Waals surface area contributed by atoms with Crippen molar-refractivity contribution in [2.24, 2.45) is 0 Å². The second kappa shape index (κ2) is 8.12. The van der Waals surface area contributed by atoms with Crippen LogP contribution in [0.5, 0.6) is 0 Å². The highest BCUT2D eigenvalue weighted by Crippen LogP contribution is 2.17. The Hall–Kier alpha value is -2.86. The summed E-state index contributed by atoms with van der Waals surface area (Å²) in [6.45, 7) is 6.33. The van der Waals surface area contributed by atoms with Gasteiger partial charge < -0.3 is 5.32 Å². The van der Waals surface area contributed by atoms with E-state index in [4.69, 9.17) is 0 Å². The van der Waals surface area contributed by atoms with E-state index in [1.807, 2.05) is 54.6 Å². The minimum atomic E-state index is -0.394. The lowest BCUT2D eigenvalue weighted by Crippen LogP contribution is -2.13. The summed E-state index contributed by atoms with van der Waals surface area (Å²) in [5.41, 5.74) is 4.05. The first-order valence-electron chi connectivity index (χ1n) is 8.15. The predicted octanol–water partition coefficient (Wildman–Crippen LogP) is 4.92. The first-order valence-corrected chi connectivity index (χ1v) is 8.15. The fourth-order valence-corrected chi connectivity index (χ4v) is 2.31. The summed E-state index contributed by atoms with van der Waals surface area (Å²) in [6.07, 6.45) is 2.56. The number of rotatable bonds is 5. The summed E-state index contributed by atoms with van der Waals surface area (Å²) >= 11 is 0. The second-order valence-corrected chi connectivity index (χ2v) is 6.00. The van der Waals surface area contributed by atoms with Gasteiger partial charge in [0.05, 0.1) is 0 Å². The van der Waals surface area contributed by atoms with E-state index in [2.05, 4.69) is 26.1 Å². The van der Waals surface area contributed by atoms with Gasteiger partial charge in [-0.3, -0.25) is 4.79 Å². The van der Waals surface area contributed by atoms with Gasteiger partial charge >= 0.3 is 0 Å². The Bertz CT molecular complexity index is 763. The molecular formula is C21H22N2O. The Morgan fingerprint density at radius 2 is 1.75 bits per heavy atom. The lowest BCUT2D eigenvalue weighted by molar-refractivity contribution is -0.112. The van der Waals surface area contributed by atoms with Crippen molar-refractivity contribution in [1.82, 2.24) is 0 Å². The van der Waals surface area contributed by atoms with Gasteiger partial charge in [0.1, 0.15) is 11.6 Å². The van der Waals surface area contributed by atoms with E-state index in [1.54, 1.807) is 6.08 Å². The molecule has 24 heavy (non-hydrogen) atoms. The quantitative estimate of drug-likeness (QED) is 0.628. The monoisotopic (exact) mass is 318 g/mol. The number of hydrogen-bond acceptors (Lipinski definition) is 2. The molecule has 3 nitrogen and oxygen atoms in total. The second-order valence-electron chi connectivity index (χ2n) is 6.00. The van der Waals surface area contributed by atoms with Crippen molar-refractivity contribution in [3.8, 4) is 6.07 Å². The lowest BCUT2D eigenvalue weighted by Gasteiger charge is -2.06. The van der Waals surface area contributed by atoms with Crippen molar-refractivity contribution in [2.45, 2.75) is 33.1 Å². The molecule has 122 valence electrons. The molecule has 0 unspecified atom stereocenters. The standard InChI is InChI=1S/C21H22N2O/c1-4-16-7-11-20(12-8-16)23-21(24)19(14-22)13-17-5-9-18(10-6-17)15(2)3/h5-13,15H,4H2,1-3H3,(H,23,24)/b19-13+. The van der Waals surface area contributed by atoms with Crippen LogP contribution in [-0.4, -0.2) is 5.91 Å². The lowest BCUT2D eigenvalue weighted by atomic mass is 10.0. The van der Waals surface area contributed by atoms with Crippen LogP contribution in [0.25, 0.3) is 6.08 Å². The molecule has 0 fully saturated rings. The summed E-state index contributed by atoms with van der Waals surface area (Å²) < 4.78 is 0. The molecule has 1 N–H and O–H groups in total. The molecule has 0 heterocycles. The van der Waals surface area contributed by atoms with Crippen molar-refractivity contribution >= 4 is 17.7 Å². The van der Waals surface area contributed by atoms with E-state index in [1.165, 1.54) is 11.1 Å². The molecule has 0 bridgehead atoms. The Balaban J connectivity index is 2.14. The number of nitrogens with one attached hydrogen (secondary N) is 1. The SMILES string of the molecule is CCc1ccc(NC(=O)/C(C#N)=C/c2ccc(C(C)C)cc2)cc1. The van der Waals surface area contributed by atoms with Gasteiger partial charge in [-0.05, 0) is 47.2 Å². The van der Waals surface area contributed by atoms with Gasteiger partial charge in [0.15, 0.2) is 0 Å². The molecule has 0 spiro atoms. The molecule has 0 aromatic heterocycles. The molecule has 0 saturated heterocycles. The van der Waals surface area contributed by atoms with E-state index < -0.39 is 5.91 Å². The van der Waals surface area contributed by atoms with Gasteiger partial charge in [-0.1, -0.05) is 57.2 Å². The Morgan fingerprint density at radius 1 is 1.12 bits per heavy atom.